The Morgan fingerprint density at radius 2 is 1.66 bits per heavy atom. The normalized spacial score (nSPS) is 10.6. The van der Waals surface area contributed by atoms with Crippen LogP contribution < -0.4 is 14.2 Å². The molecule has 6 nitrogen and oxygen atoms in total. The van der Waals surface area contributed by atoms with Crippen LogP contribution >= 0.6 is 0 Å². The highest BCUT2D eigenvalue weighted by Crippen LogP contribution is 2.30. The van der Waals surface area contributed by atoms with Crippen molar-refractivity contribution in [2.24, 2.45) is 0 Å². The predicted molar refractivity (Wildman–Crippen MR) is 123 cm³/mol. The average Bonchev–Trinajstić information content (AvgIpc) is 3.22. The van der Waals surface area contributed by atoms with E-state index in [0.29, 0.717) is 28.6 Å². The van der Waals surface area contributed by atoms with E-state index in [1.807, 2.05) is 56.3 Å². The molecule has 0 amide bonds. The highest BCUT2D eigenvalue weighted by atomic mass is 16.5. The zero-order chi connectivity index (χ0) is 22.7. The summed E-state index contributed by atoms with van der Waals surface area (Å²) in [5.41, 5.74) is 4.92. The molecule has 4 aromatic rings. The topological polar surface area (TPSA) is 62.6 Å². The van der Waals surface area contributed by atoms with Gasteiger partial charge in [0.1, 0.15) is 17.1 Å². The number of carbonyl (C=O) groups is 1. The van der Waals surface area contributed by atoms with E-state index in [1.165, 1.54) is 7.11 Å². The molecule has 0 N–H and O–H groups in total. The number of hydrogen-bond donors (Lipinski definition) is 0. The molecule has 1 aromatic heterocycles. The van der Waals surface area contributed by atoms with Crippen LogP contribution in [0.25, 0.3) is 16.9 Å². The fraction of sp³-hybridized carbons (Fsp3) is 0.154. The molecule has 162 valence electrons. The second-order valence-electron chi connectivity index (χ2n) is 7.39. The fourth-order valence-corrected chi connectivity index (χ4v) is 3.52. The summed E-state index contributed by atoms with van der Waals surface area (Å²) in [5, 5.41) is 4.75. The van der Waals surface area contributed by atoms with Crippen LogP contribution in [-0.4, -0.2) is 30.0 Å². The van der Waals surface area contributed by atoms with Crippen molar-refractivity contribution in [2.45, 2.75) is 13.8 Å². The third-order valence-corrected chi connectivity index (χ3v) is 5.15. The van der Waals surface area contributed by atoms with Crippen LogP contribution in [0.3, 0.4) is 0 Å². The lowest BCUT2D eigenvalue weighted by molar-refractivity contribution is 0.0719. The van der Waals surface area contributed by atoms with Crippen LogP contribution in [0.4, 0.5) is 0 Å². The standard InChI is InChI=1S/C26H24N2O4/c1-17-10-13-23(18(2)14-17)28-25(16-22(27-28)19-8-6-5-7-9-19)32-26(29)21-12-11-20(30-3)15-24(21)31-4/h5-16H,1-4H3. The first kappa shape index (κ1) is 21.2. The van der Waals surface area contributed by atoms with Gasteiger partial charge >= 0.3 is 5.97 Å². The molecule has 0 radical (unpaired) electrons. The predicted octanol–water partition coefficient (Wildman–Crippen LogP) is 5.39. The van der Waals surface area contributed by atoms with Crippen molar-refractivity contribution in [3.63, 3.8) is 0 Å². The number of nitrogens with zero attached hydrogens (tertiary/aromatic N) is 2. The van der Waals surface area contributed by atoms with E-state index < -0.39 is 5.97 Å². The first-order chi connectivity index (χ1) is 15.5. The third kappa shape index (κ3) is 4.21. The number of benzene rings is 3. The Bertz CT molecular complexity index is 1260. The smallest absolute Gasteiger partial charge is 0.348 e. The van der Waals surface area contributed by atoms with E-state index in [1.54, 1.807) is 36.1 Å². The van der Waals surface area contributed by atoms with E-state index >= 15 is 0 Å². The second-order valence-corrected chi connectivity index (χ2v) is 7.39. The Morgan fingerprint density at radius 3 is 2.34 bits per heavy atom. The SMILES string of the molecule is COc1ccc(C(=O)Oc2cc(-c3ccccc3)nn2-c2ccc(C)cc2C)c(OC)c1. The summed E-state index contributed by atoms with van der Waals surface area (Å²) in [4.78, 5) is 13.1. The van der Waals surface area contributed by atoms with Gasteiger partial charge < -0.3 is 14.2 Å². The Balaban J connectivity index is 1.77. The maximum absolute atomic E-state index is 13.1. The summed E-state index contributed by atoms with van der Waals surface area (Å²) >= 11 is 0. The van der Waals surface area contributed by atoms with Gasteiger partial charge in [-0.3, -0.25) is 0 Å². The maximum atomic E-state index is 13.1. The van der Waals surface area contributed by atoms with Gasteiger partial charge in [0, 0.05) is 17.7 Å². The molecule has 0 aliphatic heterocycles. The summed E-state index contributed by atoms with van der Waals surface area (Å²) in [6.07, 6.45) is 0. The zero-order valence-corrected chi connectivity index (χ0v) is 18.5. The lowest BCUT2D eigenvalue weighted by Gasteiger charge is -2.12. The fourth-order valence-electron chi connectivity index (χ4n) is 3.52. The molecule has 4 rings (SSSR count). The Labute approximate surface area is 187 Å². The first-order valence-electron chi connectivity index (χ1n) is 10.2. The van der Waals surface area contributed by atoms with Gasteiger partial charge in [-0.1, -0.05) is 48.0 Å². The molecule has 0 aliphatic rings. The van der Waals surface area contributed by atoms with Crippen molar-refractivity contribution >= 4 is 5.97 Å². The first-order valence-corrected chi connectivity index (χ1v) is 10.2. The third-order valence-electron chi connectivity index (χ3n) is 5.15. The summed E-state index contributed by atoms with van der Waals surface area (Å²) < 4.78 is 18.1. The molecule has 0 bridgehead atoms. The van der Waals surface area contributed by atoms with Gasteiger partial charge in [-0.2, -0.15) is 9.78 Å². The Hall–Kier alpha value is -4.06. The molecular weight excluding hydrogens is 404 g/mol. The molecule has 0 aliphatic carbocycles. The average molecular weight is 428 g/mol. The molecule has 32 heavy (non-hydrogen) atoms. The van der Waals surface area contributed by atoms with Crippen LogP contribution in [-0.2, 0) is 0 Å². The van der Waals surface area contributed by atoms with Crippen LogP contribution in [0.2, 0.25) is 0 Å². The number of aromatic nitrogens is 2. The Morgan fingerprint density at radius 1 is 0.875 bits per heavy atom. The molecule has 0 saturated heterocycles. The molecular formula is C26H24N2O4. The quantitative estimate of drug-likeness (QED) is 0.385. The number of methoxy groups -OCH3 is 2. The van der Waals surface area contributed by atoms with Crippen molar-refractivity contribution in [3.05, 3.63) is 89.5 Å². The monoisotopic (exact) mass is 428 g/mol. The van der Waals surface area contributed by atoms with Crippen molar-refractivity contribution in [2.75, 3.05) is 14.2 Å². The lowest BCUT2D eigenvalue weighted by Crippen LogP contribution is -2.13. The summed E-state index contributed by atoms with van der Waals surface area (Å²) in [7, 11) is 3.05. The van der Waals surface area contributed by atoms with E-state index in [0.717, 1.165) is 22.4 Å². The van der Waals surface area contributed by atoms with Crippen molar-refractivity contribution in [1.82, 2.24) is 9.78 Å². The van der Waals surface area contributed by atoms with Crippen molar-refractivity contribution in [1.29, 1.82) is 0 Å². The minimum atomic E-state index is -0.546. The van der Waals surface area contributed by atoms with Crippen LogP contribution in [0.5, 0.6) is 17.4 Å². The number of ether oxygens (including phenoxy) is 3. The van der Waals surface area contributed by atoms with Gasteiger partial charge in [0.2, 0.25) is 5.88 Å². The highest BCUT2D eigenvalue weighted by molar-refractivity contribution is 5.94. The maximum Gasteiger partial charge on any atom is 0.348 e. The van der Waals surface area contributed by atoms with Gasteiger partial charge in [0.25, 0.3) is 0 Å². The minimum absolute atomic E-state index is 0.294. The minimum Gasteiger partial charge on any atom is -0.497 e. The van der Waals surface area contributed by atoms with E-state index in [2.05, 4.69) is 6.07 Å². The van der Waals surface area contributed by atoms with Crippen molar-refractivity contribution < 1.29 is 19.0 Å². The van der Waals surface area contributed by atoms with Gasteiger partial charge in [-0.25, -0.2) is 4.79 Å². The summed E-state index contributed by atoms with van der Waals surface area (Å²) in [6.45, 7) is 4.04. The van der Waals surface area contributed by atoms with Crippen LogP contribution in [0.1, 0.15) is 21.5 Å². The zero-order valence-electron chi connectivity index (χ0n) is 18.5. The molecule has 0 saturated carbocycles. The van der Waals surface area contributed by atoms with Gasteiger partial charge in [-0.05, 0) is 37.6 Å². The molecule has 6 heteroatoms. The number of aryl methyl sites for hydroxylation is 2. The molecule has 1 heterocycles. The van der Waals surface area contributed by atoms with Crippen LogP contribution in [0.15, 0.2) is 72.8 Å². The van der Waals surface area contributed by atoms with E-state index in [-0.39, 0.29) is 0 Å². The molecule has 0 spiro atoms. The molecule has 0 unspecified atom stereocenters. The van der Waals surface area contributed by atoms with Gasteiger partial charge in [0.05, 0.1) is 25.6 Å². The molecule has 0 fully saturated rings. The summed E-state index contributed by atoms with van der Waals surface area (Å²) in [6, 6.07) is 22.5. The molecule has 3 aromatic carbocycles. The van der Waals surface area contributed by atoms with E-state index in [9.17, 15) is 4.79 Å². The van der Waals surface area contributed by atoms with Gasteiger partial charge in [-0.15, -0.1) is 0 Å². The van der Waals surface area contributed by atoms with Crippen LogP contribution in [0, 0.1) is 13.8 Å². The molecule has 0 atom stereocenters. The summed E-state index contributed by atoms with van der Waals surface area (Å²) in [5.74, 6) is 0.731. The number of rotatable bonds is 6. The second kappa shape index (κ2) is 8.98. The number of esters is 1. The largest absolute Gasteiger partial charge is 0.497 e. The van der Waals surface area contributed by atoms with Crippen molar-refractivity contribution in [3.8, 4) is 34.3 Å². The lowest BCUT2D eigenvalue weighted by atomic mass is 10.1. The number of hydrogen-bond acceptors (Lipinski definition) is 5. The number of carbonyl (C=O) groups excluding carboxylic acids is 1. The Kier molecular flexibility index (Phi) is 5.94. The van der Waals surface area contributed by atoms with Gasteiger partial charge in [0.15, 0.2) is 0 Å². The van der Waals surface area contributed by atoms with E-state index in [4.69, 9.17) is 19.3 Å². The highest BCUT2D eigenvalue weighted by Gasteiger charge is 2.21.